The molecule has 1 fully saturated rings. The van der Waals surface area contributed by atoms with Crippen LogP contribution in [0.4, 0.5) is 0 Å². The molecule has 20 heavy (non-hydrogen) atoms. The molecule has 0 amide bonds. The Bertz CT molecular complexity index is 283. The molecule has 3 N–H and O–H groups in total. The summed E-state index contributed by atoms with van der Waals surface area (Å²) in [5.74, 6) is 0. The SMILES string of the molecule is C=C(C)COCCNC1(CN)CCCN(CCC)CC1. The van der Waals surface area contributed by atoms with Gasteiger partial charge in [-0.15, -0.1) is 0 Å². The maximum absolute atomic E-state index is 6.05. The number of rotatable bonds is 9. The lowest BCUT2D eigenvalue weighted by molar-refractivity contribution is 0.145. The van der Waals surface area contributed by atoms with Gasteiger partial charge in [-0.1, -0.05) is 19.1 Å². The van der Waals surface area contributed by atoms with Crippen molar-refractivity contribution >= 4 is 0 Å². The standard InChI is InChI=1S/C16H33N3O/c1-4-9-19-10-5-6-16(14-17,7-11-19)18-8-12-20-13-15(2)3/h18H,2,4-14,17H2,1,3H3. The highest BCUT2D eigenvalue weighted by Gasteiger charge is 2.30. The van der Waals surface area contributed by atoms with Crippen molar-refractivity contribution in [1.29, 1.82) is 0 Å². The minimum absolute atomic E-state index is 0.106. The lowest BCUT2D eigenvalue weighted by Crippen LogP contribution is -2.52. The molecule has 0 aromatic heterocycles. The van der Waals surface area contributed by atoms with E-state index in [4.69, 9.17) is 10.5 Å². The second-order valence-electron chi connectivity index (χ2n) is 6.12. The van der Waals surface area contributed by atoms with Crippen LogP contribution in [0, 0.1) is 0 Å². The van der Waals surface area contributed by atoms with Gasteiger partial charge in [-0.05, 0) is 52.2 Å². The van der Waals surface area contributed by atoms with Crippen LogP contribution in [0.25, 0.3) is 0 Å². The molecule has 1 heterocycles. The van der Waals surface area contributed by atoms with Crippen LogP contribution in [0.15, 0.2) is 12.2 Å². The molecule has 1 aliphatic heterocycles. The van der Waals surface area contributed by atoms with E-state index in [1.54, 1.807) is 0 Å². The number of nitrogens with zero attached hydrogens (tertiary/aromatic N) is 1. The fraction of sp³-hybridized carbons (Fsp3) is 0.875. The summed E-state index contributed by atoms with van der Waals surface area (Å²) in [4.78, 5) is 2.57. The third-order valence-corrected chi connectivity index (χ3v) is 4.06. The lowest BCUT2D eigenvalue weighted by Gasteiger charge is -2.33. The Hall–Kier alpha value is -0.420. The maximum Gasteiger partial charge on any atom is 0.0672 e. The Labute approximate surface area is 124 Å². The molecule has 1 unspecified atom stereocenters. The molecule has 1 rings (SSSR count). The molecule has 1 aliphatic rings. The van der Waals surface area contributed by atoms with Crippen LogP contribution in [-0.4, -0.2) is 56.4 Å². The number of hydrogen-bond acceptors (Lipinski definition) is 4. The van der Waals surface area contributed by atoms with E-state index < -0.39 is 0 Å². The van der Waals surface area contributed by atoms with E-state index in [0.717, 1.165) is 31.7 Å². The Morgan fingerprint density at radius 2 is 2.20 bits per heavy atom. The van der Waals surface area contributed by atoms with Gasteiger partial charge in [0.2, 0.25) is 0 Å². The van der Waals surface area contributed by atoms with Crippen LogP contribution in [0.1, 0.15) is 39.5 Å². The summed E-state index contributed by atoms with van der Waals surface area (Å²) >= 11 is 0. The molecule has 0 saturated carbocycles. The zero-order valence-electron chi connectivity index (χ0n) is 13.4. The highest BCUT2D eigenvalue weighted by molar-refractivity contribution is 4.92. The van der Waals surface area contributed by atoms with Gasteiger partial charge in [0.15, 0.2) is 0 Å². The van der Waals surface area contributed by atoms with Crippen LogP contribution in [0.5, 0.6) is 0 Å². The molecular formula is C16H33N3O. The molecule has 0 radical (unpaired) electrons. The van der Waals surface area contributed by atoms with E-state index in [1.165, 1.54) is 32.4 Å². The first-order valence-electron chi connectivity index (χ1n) is 8.01. The zero-order valence-corrected chi connectivity index (χ0v) is 13.4. The Morgan fingerprint density at radius 1 is 1.40 bits per heavy atom. The minimum Gasteiger partial charge on any atom is -0.376 e. The van der Waals surface area contributed by atoms with Crippen LogP contribution in [0.2, 0.25) is 0 Å². The molecule has 1 atom stereocenters. The predicted molar refractivity (Wildman–Crippen MR) is 86.0 cm³/mol. The van der Waals surface area contributed by atoms with Crippen molar-refractivity contribution in [3.63, 3.8) is 0 Å². The highest BCUT2D eigenvalue weighted by Crippen LogP contribution is 2.21. The molecule has 0 aliphatic carbocycles. The summed E-state index contributed by atoms with van der Waals surface area (Å²) in [6.07, 6.45) is 4.78. The molecule has 0 spiro atoms. The molecule has 0 aromatic carbocycles. The third kappa shape index (κ3) is 6.35. The summed E-state index contributed by atoms with van der Waals surface area (Å²) in [6, 6.07) is 0. The molecule has 118 valence electrons. The Balaban J connectivity index is 2.33. The number of nitrogens with one attached hydrogen (secondary N) is 1. The van der Waals surface area contributed by atoms with Crippen LogP contribution >= 0.6 is 0 Å². The van der Waals surface area contributed by atoms with Crippen LogP contribution < -0.4 is 11.1 Å². The first-order chi connectivity index (χ1) is 9.62. The Morgan fingerprint density at radius 3 is 2.85 bits per heavy atom. The predicted octanol–water partition coefficient (Wildman–Crippen LogP) is 1.76. The van der Waals surface area contributed by atoms with Crippen LogP contribution in [0.3, 0.4) is 0 Å². The van der Waals surface area contributed by atoms with Crippen molar-refractivity contribution in [1.82, 2.24) is 10.2 Å². The van der Waals surface area contributed by atoms with Gasteiger partial charge in [-0.25, -0.2) is 0 Å². The maximum atomic E-state index is 6.05. The van der Waals surface area contributed by atoms with Gasteiger partial charge in [0.25, 0.3) is 0 Å². The van der Waals surface area contributed by atoms with Crippen molar-refractivity contribution in [3.05, 3.63) is 12.2 Å². The molecular weight excluding hydrogens is 250 g/mol. The summed E-state index contributed by atoms with van der Waals surface area (Å²) in [7, 11) is 0. The number of hydrogen-bond donors (Lipinski definition) is 2. The van der Waals surface area contributed by atoms with Crippen molar-refractivity contribution in [2.45, 2.75) is 45.1 Å². The normalized spacial score (nSPS) is 24.6. The first-order valence-corrected chi connectivity index (χ1v) is 8.01. The van der Waals surface area contributed by atoms with Gasteiger partial charge in [-0.2, -0.15) is 0 Å². The van der Waals surface area contributed by atoms with Gasteiger partial charge in [0.05, 0.1) is 13.2 Å². The number of likely N-dealkylation sites (tertiary alicyclic amines) is 1. The average Bonchev–Trinajstić information content (AvgIpc) is 2.62. The van der Waals surface area contributed by atoms with E-state index in [9.17, 15) is 0 Å². The molecule has 0 bridgehead atoms. The van der Waals surface area contributed by atoms with E-state index in [2.05, 4.69) is 23.7 Å². The largest absolute Gasteiger partial charge is 0.376 e. The van der Waals surface area contributed by atoms with Gasteiger partial charge >= 0.3 is 0 Å². The van der Waals surface area contributed by atoms with Crippen molar-refractivity contribution in [2.24, 2.45) is 5.73 Å². The topological polar surface area (TPSA) is 50.5 Å². The fourth-order valence-electron chi connectivity index (χ4n) is 2.88. The number of ether oxygens (including phenoxy) is 1. The second kappa shape index (κ2) is 9.50. The summed E-state index contributed by atoms with van der Waals surface area (Å²) in [5.41, 5.74) is 7.23. The Kier molecular flexibility index (Phi) is 8.38. The van der Waals surface area contributed by atoms with Crippen molar-refractivity contribution in [3.8, 4) is 0 Å². The summed E-state index contributed by atoms with van der Waals surface area (Å²) in [6.45, 7) is 14.6. The second-order valence-corrected chi connectivity index (χ2v) is 6.12. The zero-order chi connectivity index (χ0) is 14.8. The van der Waals surface area contributed by atoms with Crippen LogP contribution in [-0.2, 0) is 4.74 Å². The third-order valence-electron chi connectivity index (χ3n) is 4.06. The van der Waals surface area contributed by atoms with Gasteiger partial charge in [0.1, 0.15) is 0 Å². The molecule has 1 saturated heterocycles. The minimum atomic E-state index is 0.106. The monoisotopic (exact) mass is 283 g/mol. The van der Waals surface area contributed by atoms with E-state index in [1.807, 2.05) is 6.92 Å². The fourth-order valence-corrected chi connectivity index (χ4v) is 2.88. The lowest BCUT2D eigenvalue weighted by atomic mass is 9.90. The summed E-state index contributed by atoms with van der Waals surface area (Å²) in [5, 5.41) is 3.65. The van der Waals surface area contributed by atoms with Crippen molar-refractivity contribution < 1.29 is 4.74 Å². The van der Waals surface area contributed by atoms with Gasteiger partial charge < -0.3 is 20.7 Å². The number of nitrogens with two attached hydrogens (primary N) is 1. The van der Waals surface area contributed by atoms with Crippen molar-refractivity contribution in [2.75, 3.05) is 45.9 Å². The van der Waals surface area contributed by atoms with E-state index in [0.29, 0.717) is 13.2 Å². The highest BCUT2D eigenvalue weighted by atomic mass is 16.5. The molecule has 4 nitrogen and oxygen atoms in total. The van der Waals surface area contributed by atoms with E-state index in [-0.39, 0.29) is 5.54 Å². The van der Waals surface area contributed by atoms with E-state index >= 15 is 0 Å². The summed E-state index contributed by atoms with van der Waals surface area (Å²) < 4.78 is 5.55. The average molecular weight is 283 g/mol. The first kappa shape index (κ1) is 17.6. The smallest absolute Gasteiger partial charge is 0.0672 e. The van der Waals surface area contributed by atoms with Gasteiger partial charge in [-0.3, -0.25) is 0 Å². The quantitative estimate of drug-likeness (QED) is 0.500. The molecule has 0 aromatic rings. The van der Waals surface area contributed by atoms with Gasteiger partial charge in [0, 0.05) is 18.6 Å². The molecule has 4 heteroatoms.